The molecule has 1 aromatic heterocycles. The molecule has 0 unspecified atom stereocenters. The van der Waals surface area contributed by atoms with E-state index in [4.69, 9.17) is 18.6 Å². The van der Waals surface area contributed by atoms with E-state index in [9.17, 15) is 4.79 Å². The van der Waals surface area contributed by atoms with E-state index < -0.39 is 0 Å². The molecule has 6 nitrogen and oxygen atoms in total. The van der Waals surface area contributed by atoms with E-state index in [0.29, 0.717) is 24.2 Å². The van der Waals surface area contributed by atoms with Crippen LogP contribution in [-0.4, -0.2) is 21.0 Å². The number of ether oxygens (including phenoxy) is 3. The summed E-state index contributed by atoms with van der Waals surface area (Å²) in [5.41, 5.74) is 3.07. The third kappa shape index (κ3) is 2.84. The summed E-state index contributed by atoms with van der Waals surface area (Å²) in [6.07, 6.45) is 0. The highest BCUT2D eigenvalue weighted by molar-refractivity contribution is 6.06. The fourth-order valence-corrected chi connectivity index (χ4v) is 4.08. The van der Waals surface area contributed by atoms with Gasteiger partial charge in [0.15, 0.2) is 6.73 Å². The molecule has 0 N–H and O–H groups in total. The average molecular weight is 403 g/mol. The highest BCUT2D eigenvalue weighted by Crippen LogP contribution is 2.39. The van der Waals surface area contributed by atoms with E-state index >= 15 is 0 Å². The maximum Gasteiger partial charge on any atom is 0.344 e. The van der Waals surface area contributed by atoms with E-state index in [1.165, 1.54) is 0 Å². The van der Waals surface area contributed by atoms with Crippen molar-refractivity contribution in [2.24, 2.45) is 0 Å². The summed E-state index contributed by atoms with van der Waals surface area (Å²) < 4.78 is 22.6. The average Bonchev–Trinajstić information content (AvgIpc) is 2.79. The van der Waals surface area contributed by atoms with Gasteiger partial charge < -0.3 is 23.5 Å². The molecule has 0 saturated carbocycles. The van der Waals surface area contributed by atoms with E-state index in [1.807, 2.05) is 43.3 Å². The Morgan fingerprint density at radius 1 is 0.933 bits per heavy atom. The topological polar surface area (TPSA) is 61.1 Å². The van der Waals surface area contributed by atoms with Gasteiger partial charge in [0.2, 0.25) is 0 Å². The second-order valence-corrected chi connectivity index (χ2v) is 7.34. The molecule has 1 aliphatic heterocycles. The molecule has 1 aliphatic rings. The first-order valence-corrected chi connectivity index (χ1v) is 9.68. The Morgan fingerprint density at radius 3 is 2.33 bits per heavy atom. The minimum absolute atomic E-state index is 0.331. The first-order valence-electron chi connectivity index (χ1n) is 9.68. The molecule has 5 rings (SSSR count). The third-order valence-electron chi connectivity index (χ3n) is 5.60. The Balaban J connectivity index is 1.65. The highest BCUT2D eigenvalue weighted by Gasteiger charge is 2.24. The molecule has 152 valence electrons. The number of benzene rings is 3. The lowest BCUT2D eigenvalue weighted by molar-refractivity contribution is 0.287. The Kier molecular flexibility index (Phi) is 4.28. The van der Waals surface area contributed by atoms with Gasteiger partial charge in [-0.3, -0.25) is 0 Å². The zero-order valence-corrected chi connectivity index (χ0v) is 17.0. The Morgan fingerprint density at radius 2 is 1.63 bits per heavy atom. The van der Waals surface area contributed by atoms with Crippen molar-refractivity contribution in [1.29, 1.82) is 0 Å². The Bertz CT molecular complexity index is 1320. The van der Waals surface area contributed by atoms with Crippen molar-refractivity contribution in [3.05, 3.63) is 70.1 Å². The third-order valence-corrected chi connectivity index (χ3v) is 5.60. The molecule has 0 bridgehead atoms. The lowest BCUT2D eigenvalue weighted by atomic mass is 10.00. The summed E-state index contributed by atoms with van der Waals surface area (Å²) in [7, 11) is 3.27. The summed E-state index contributed by atoms with van der Waals surface area (Å²) in [5.74, 6) is 2.21. The normalized spacial score (nSPS) is 13.2. The second-order valence-electron chi connectivity index (χ2n) is 7.34. The molecule has 0 atom stereocenters. The molecular formula is C24H21NO5. The summed E-state index contributed by atoms with van der Waals surface area (Å²) in [6.45, 7) is 2.95. The van der Waals surface area contributed by atoms with Crippen LogP contribution in [0, 0.1) is 6.92 Å². The number of methoxy groups -OCH3 is 2. The molecule has 0 saturated heterocycles. The summed E-state index contributed by atoms with van der Waals surface area (Å²) in [4.78, 5) is 14.5. The summed E-state index contributed by atoms with van der Waals surface area (Å²) in [5, 5.41) is 2.38. The molecule has 0 spiro atoms. The maximum atomic E-state index is 12.4. The van der Waals surface area contributed by atoms with Crippen molar-refractivity contribution in [2.75, 3.05) is 25.9 Å². The van der Waals surface area contributed by atoms with Gasteiger partial charge in [-0.1, -0.05) is 18.2 Å². The van der Waals surface area contributed by atoms with Crippen LogP contribution in [0.15, 0.2) is 57.7 Å². The molecule has 0 radical (unpaired) electrons. The fraction of sp³-hybridized carbons (Fsp3) is 0.208. The number of anilines is 1. The van der Waals surface area contributed by atoms with Gasteiger partial charge in [-0.05, 0) is 24.4 Å². The minimum atomic E-state index is -0.331. The number of nitrogens with zero attached hydrogens (tertiary/aromatic N) is 1. The van der Waals surface area contributed by atoms with Gasteiger partial charge in [0.05, 0.1) is 19.6 Å². The van der Waals surface area contributed by atoms with Crippen molar-refractivity contribution in [3.8, 4) is 17.2 Å². The van der Waals surface area contributed by atoms with Crippen molar-refractivity contribution >= 4 is 27.4 Å². The van der Waals surface area contributed by atoms with E-state index in [0.717, 1.165) is 44.8 Å². The molecule has 3 aromatic carbocycles. The Hall–Kier alpha value is -3.67. The highest BCUT2D eigenvalue weighted by atomic mass is 16.5. The van der Waals surface area contributed by atoms with Crippen LogP contribution in [0.2, 0.25) is 0 Å². The molecule has 2 heterocycles. The van der Waals surface area contributed by atoms with Crippen molar-refractivity contribution in [2.45, 2.75) is 13.5 Å². The van der Waals surface area contributed by atoms with E-state index in [2.05, 4.69) is 11.0 Å². The lowest BCUT2D eigenvalue weighted by Gasteiger charge is -2.32. The van der Waals surface area contributed by atoms with Crippen LogP contribution in [0.3, 0.4) is 0 Å². The molecule has 4 aromatic rings. The van der Waals surface area contributed by atoms with Gasteiger partial charge >= 0.3 is 5.63 Å². The van der Waals surface area contributed by atoms with Crippen LogP contribution in [0.1, 0.15) is 11.1 Å². The monoisotopic (exact) mass is 403 g/mol. The first kappa shape index (κ1) is 18.4. The van der Waals surface area contributed by atoms with Crippen LogP contribution in [0.4, 0.5) is 5.69 Å². The van der Waals surface area contributed by atoms with Crippen LogP contribution >= 0.6 is 0 Å². The van der Waals surface area contributed by atoms with Gasteiger partial charge in [0, 0.05) is 46.9 Å². The lowest BCUT2D eigenvalue weighted by Crippen LogP contribution is -2.32. The van der Waals surface area contributed by atoms with Gasteiger partial charge in [-0.15, -0.1) is 0 Å². The maximum absolute atomic E-state index is 12.4. The molecule has 0 fully saturated rings. The van der Waals surface area contributed by atoms with Gasteiger partial charge in [-0.2, -0.15) is 0 Å². The number of fused-ring (bicyclic) bond motifs is 4. The van der Waals surface area contributed by atoms with Crippen LogP contribution < -0.4 is 24.7 Å². The van der Waals surface area contributed by atoms with Crippen molar-refractivity contribution in [3.63, 3.8) is 0 Å². The number of aryl methyl sites for hydroxylation is 1. The second kappa shape index (κ2) is 6.99. The van der Waals surface area contributed by atoms with Gasteiger partial charge in [-0.25, -0.2) is 4.79 Å². The number of rotatable bonds is 3. The summed E-state index contributed by atoms with van der Waals surface area (Å²) >= 11 is 0. The molecular weight excluding hydrogens is 382 g/mol. The van der Waals surface area contributed by atoms with Crippen LogP contribution in [0.5, 0.6) is 17.2 Å². The first-order chi connectivity index (χ1) is 14.6. The standard InChI is InChI=1S/C24H21NO5/c1-14-22-15(8-21-19-6-4-5-7-20(19)24(26)30-23(14)21)12-25(13-29-22)16-9-17(27-2)11-18(10-16)28-3/h4-11H,12-13H2,1-3H3. The van der Waals surface area contributed by atoms with Crippen molar-refractivity contribution in [1.82, 2.24) is 0 Å². The summed E-state index contributed by atoms with van der Waals surface area (Å²) in [6, 6.07) is 15.3. The molecule has 0 amide bonds. The van der Waals surface area contributed by atoms with Crippen molar-refractivity contribution < 1.29 is 18.6 Å². The van der Waals surface area contributed by atoms with Gasteiger partial charge in [0.25, 0.3) is 0 Å². The predicted octanol–water partition coefficient (Wildman–Crippen LogP) is 4.63. The zero-order chi connectivity index (χ0) is 20.8. The van der Waals surface area contributed by atoms with Crippen LogP contribution in [-0.2, 0) is 6.54 Å². The predicted molar refractivity (Wildman–Crippen MR) is 116 cm³/mol. The smallest absolute Gasteiger partial charge is 0.344 e. The zero-order valence-electron chi connectivity index (χ0n) is 17.0. The largest absolute Gasteiger partial charge is 0.497 e. The minimum Gasteiger partial charge on any atom is -0.497 e. The number of hydrogen-bond acceptors (Lipinski definition) is 6. The van der Waals surface area contributed by atoms with E-state index in [-0.39, 0.29) is 5.63 Å². The van der Waals surface area contributed by atoms with Gasteiger partial charge in [0.1, 0.15) is 22.8 Å². The SMILES string of the molecule is COc1cc(OC)cc(N2COc3c(cc4c(oc(=O)c5ccccc54)c3C)C2)c1. The quantitative estimate of drug-likeness (QED) is 0.367. The molecule has 30 heavy (non-hydrogen) atoms. The fourth-order valence-electron chi connectivity index (χ4n) is 4.08. The van der Waals surface area contributed by atoms with E-state index in [1.54, 1.807) is 20.3 Å². The Labute approximate surface area is 173 Å². The molecule has 0 aliphatic carbocycles. The number of hydrogen-bond donors (Lipinski definition) is 0. The molecule has 6 heteroatoms. The van der Waals surface area contributed by atoms with Crippen LogP contribution in [0.25, 0.3) is 21.7 Å².